The van der Waals surface area contributed by atoms with Crippen LogP contribution in [0.2, 0.25) is 0 Å². The molecule has 0 amide bonds. The molecular formula is C17H27N3O3. The van der Waals surface area contributed by atoms with Crippen LogP contribution in [0.5, 0.6) is 17.2 Å². The molecule has 1 aromatic carbocycles. The Labute approximate surface area is 138 Å². The second-order valence-corrected chi connectivity index (χ2v) is 5.48. The number of benzene rings is 1. The summed E-state index contributed by atoms with van der Waals surface area (Å²) in [6, 6.07) is 4.02. The van der Waals surface area contributed by atoms with Gasteiger partial charge in [-0.1, -0.05) is 6.92 Å². The van der Waals surface area contributed by atoms with Crippen LogP contribution in [-0.4, -0.2) is 58.4 Å². The number of hydrogen-bond donors (Lipinski definition) is 1. The first-order valence-electron chi connectivity index (χ1n) is 8.06. The molecule has 0 saturated heterocycles. The SMILES string of the molecule is CCCOc1c(OC)cc(CCNC2=NCCN2C)cc1OC. The topological polar surface area (TPSA) is 55.3 Å². The first-order valence-corrected chi connectivity index (χ1v) is 8.06. The van der Waals surface area contributed by atoms with Crippen molar-refractivity contribution in [2.24, 2.45) is 4.99 Å². The zero-order valence-electron chi connectivity index (χ0n) is 14.5. The van der Waals surface area contributed by atoms with Crippen LogP contribution in [0.4, 0.5) is 0 Å². The molecule has 1 heterocycles. The molecule has 1 aliphatic heterocycles. The van der Waals surface area contributed by atoms with E-state index in [4.69, 9.17) is 14.2 Å². The van der Waals surface area contributed by atoms with Gasteiger partial charge >= 0.3 is 0 Å². The third-order valence-electron chi connectivity index (χ3n) is 3.73. The molecule has 0 radical (unpaired) electrons. The van der Waals surface area contributed by atoms with Gasteiger partial charge in [-0.3, -0.25) is 4.99 Å². The van der Waals surface area contributed by atoms with Crippen molar-refractivity contribution in [3.05, 3.63) is 17.7 Å². The maximum absolute atomic E-state index is 5.76. The molecule has 0 spiro atoms. The van der Waals surface area contributed by atoms with E-state index < -0.39 is 0 Å². The van der Waals surface area contributed by atoms with E-state index in [1.54, 1.807) is 14.2 Å². The monoisotopic (exact) mass is 321 g/mol. The summed E-state index contributed by atoms with van der Waals surface area (Å²) in [5, 5.41) is 3.37. The quantitative estimate of drug-likeness (QED) is 0.793. The molecule has 0 atom stereocenters. The summed E-state index contributed by atoms with van der Waals surface area (Å²) in [5.74, 6) is 3.06. The highest BCUT2D eigenvalue weighted by Crippen LogP contribution is 2.38. The Hall–Kier alpha value is -2.11. The van der Waals surface area contributed by atoms with Crippen LogP contribution in [0, 0.1) is 0 Å². The van der Waals surface area contributed by atoms with E-state index in [1.807, 2.05) is 19.2 Å². The number of ether oxygens (including phenoxy) is 3. The summed E-state index contributed by atoms with van der Waals surface area (Å²) in [7, 11) is 5.35. The first-order chi connectivity index (χ1) is 11.2. The van der Waals surface area contributed by atoms with E-state index in [2.05, 4.69) is 22.1 Å². The van der Waals surface area contributed by atoms with E-state index in [1.165, 1.54) is 0 Å². The van der Waals surface area contributed by atoms with E-state index >= 15 is 0 Å². The zero-order valence-corrected chi connectivity index (χ0v) is 14.5. The Morgan fingerprint density at radius 2 is 1.91 bits per heavy atom. The highest BCUT2D eigenvalue weighted by molar-refractivity contribution is 5.81. The fourth-order valence-corrected chi connectivity index (χ4v) is 2.47. The predicted octanol–water partition coefficient (Wildman–Crippen LogP) is 1.93. The zero-order chi connectivity index (χ0) is 16.7. The lowest BCUT2D eigenvalue weighted by atomic mass is 10.1. The summed E-state index contributed by atoms with van der Waals surface area (Å²) in [6.07, 6.45) is 1.79. The van der Waals surface area contributed by atoms with Gasteiger partial charge in [0.1, 0.15) is 0 Å². The third kappa shape index (κ3) is 4.43. The molecule has 0 aliphatic carbocycles. The number of hydrogen-bond acceptors (Lipinski definition) is 6. The van der Waals surface area contributed by atoms with Crippen molar-refractivity contribution < 1.29 is 14.2 Å². The highest BCUT2D eigenvalue weighted by atomic mass is 16.5. The molecular weight excluding hydrogens is 294 g/mol. The number of nitrogens with one attached hydrogen (secondary N) is 1. The van der Waals surface area contributed by atoms with Gasteiger partial charge in [-0.15, -0.1) is 0 Å². The lowest BCUT2D eigenvalue weighted by Gasteiger charge is -2.17. The molecule has 0 saturated carbocycles. The minimum Gasteiger partial charge on any atom is -0.493 e. The molecule has 1 N–H and O–H groups in total. The number of methoxy groups -OCH3 is 2. The van der Waals surface area contributed by atoms with Crippen molar-refractivity contribution >= 4 is 5.96 Å². The molecule has 0 aromatic heterocycles. The Morgan fingerprint density at radius 1 is 1.22 bits per heavy atom. The fraction of sp³-hybridized carbons (Fsp3) is 0.588. The van der Waals surface area contributed by atoms with Crippen molar-refractivity contribution in [3.63, 3.8) is 0 Å². The standard InChI is InChI=1S/C17H27N3O3/c1-5-10-23-16-14(21-3)11-13(12-15(16)22-4)6-7-18-17-19-8-9-20(17)2/h11-12H,5-10H2,1-4H3,(H,18,19). The van der Waals surface area contributed by atoms with Gasteiger partial charge in [-0.05, 0) is 30.5 Å². The Balaban J connectivity index is 2.03. The second-order valence-electron chi connectivity index (χ2n) is 5.48. The summed E-state index contributed by atoms with van der Waals surface area (Å²) < 4.78 is 16.7. The highest BCUT2D eigenvalue weighted by Gasteiger charge is 2.15. The molecule has 6 nitrogen and oxygen atoms in total. The molecule has 6 heteroatoms. The van der Waals surface area contributed by atoms with Crippen LogP contribution >= 0.6 is 0 Å². The summed E-state index contributed by atoms with van der Waals surface area (Å²) >= 11 is 0. The van der Waals surface area contributed by atoms with Crippen molar-refractivity contribution in [2.45, 2.75) is 19.8 Å². The first kappa shape index (κ1) is 17.2. The van der Waals surface area contributed by atoms with E-state index in [0.717, 1.165) is 44.0 Å². The van der Waals surface area contributed by atoms with Crippen LogP contribution in [0.15, 0.2) is 17.1 Å². The third-order valence-corrected chi connectivity index (χ3v) is 3.73. The van der Waals surface area contributed by atoms with E-state index in [9.17, 15) is 0 Å². The number of nitrogens with zero attached hydrogens (tertiary/aromatic N) is 2. The van der Waals surface area contributed by atoms with Gasteiger partial charge in [0.2, 0.25) is 5.75 Å². The average Bonchev–Trinajstić information content (AvgIpc) is 2.97. The van der Waals surface area contributed by atoms with Gasteiger partial charge in [0.25, 0.3) is 0 Å². The smallest absolute Gasteiger partial charge is 0.203 e. The maximum Gasteiger partial charge on any atom is 0.203 e. The fourth-order valence-electron chi connectivity index (χ4n) is 2.47. The van der Waals surface area contributed by atoms with Crippen LogP contribution in [-0.2, 0) is 6.42 Å². The lowest BCUT2D eigenvalue weighted by Crippen LogP contribution is -2.36. The van der Waals surface area contributed by atoms with E-state index in [0.29, 0.717) is 23.9 Å². The minimum atomic E-state index is 0.639. The van der Waals surface area contributed by atoms with Crippen molar-refractivity contribution in [1.29, 1.82) is 0 Å². The molecule has 2 rings (SSSR count). The summed E-state index contributed by atoms with van der Waals surface area (Å²) in [6.45, 7) is 5.36. The molecule has 0 bridgehead atoms. The molecule has 1 aromatic rings. The van der Waals surface area contributed by atoms with Gasteiger partial charge in [0.15, 0.2) is 17.5 Å². The van der Waals surface area contributed by atoms with Gasteiger partial charge in [-0.2, -0.15) is 0 Å². The molecule has 128 valence electrons. The average molecular weight is 321 g/mol. The van der Waals surface area contributed by atoms with Gasteiger partial charge in [-0.25, -0.2) is 0 Å². The second kappa shape index (κ2) is 8.50. The molecule has 1 aliphatic rings. The van der Waals surface area contributed by atoms with Gasteiger partial charge in [0.05, 0.1) is 27.4 Å². The van der Waals surface area contributed by atoms with Crippen LogP contribution in [0.1, 0.15) is 18.9 Å². The number of rotatable bonds is 8. The lowest BCUT2D eigenvalue weighted by molar-refractivity contribution is 0.274. The molecule has 0 unspecified atom stereocenters. The Kier molecular flexibility index (Phi) is 6.38. The number of guanidine groups is 1. The van der Waals surface area contributed by atoms with E-state index in [-0.39, 0.29) is 0 Å². The number of aliphatic imine (C=N–C) groups is 1. The van der Waals surface area contributed by atoms with Crippen LogP contribution < -0.4 is 19.5 Å². The Morgan fingerprint density at radius 3 is 2.43 bits per heavy atom. The normalized spacial score (nSPS) is 13.7. The molecule has 23 heavy (non-hydrogen) atoms. The number of likely N-dealkylation sites (N-methyl/N-ethyl adjacent to an activating group) is 1. The Bertz CT molecular complexity index is 521. The summed E-state index contributed by atoms with van der Waals surface area (Å²) in [5.41, 5.74) is 1.14. The van der Waals surface area contributed by atoms with Crippen LogP contribution in [0.25, 0.3) is 0 Å². The minimum absolute atomic E-state index is 0.639. The van der Waals surface area contributed by atoms with Crippen molar-refractivity contribution in [1.82, 2.24) is 10.2 Å². The van der Waals surface area contributed by atoms with Gasteiger partial charge < -0.3 is 24.4 Å². The summed E-state index contributed by atoms with van der Waals surface area (Å²) in [4.78, 5) is 6.55. The predicted molar refractivity (Wildman–Crippen MR) is 92.0 cm³/mol. The van der Waals surface area contributed by atoms with Crippen molar-refractivity contribution in [2.75, 3.05) is 47.5 Å². The molecule has 0 fully saturated rings. The largest absolute Gasteiger partial charge is 0.493 e. The van der Waals surface area contributed by atoms with Gasteiger partial charge in [0, 0.05) is 20.1 Å². The maximum atomic E-state index is 5.76. The van der Waals surface area contributed by atoms with Crippen molar-refractivity contribution in [3.8, 4) is 17.2 Å². The van der Waals surface area contributed by atoms with Crippen LogP contribution in [0.3, 0.4) is 0 Å².